The van der Waals surface area contributed by atoms with Crippen molar-refractivity contribution in [3.05, 3.63) is 218 Å². The minimum atomic E-state index is 0.570. The third kappa shape index (κ3) is 5.41. The van der Waals surface area contributed by atoms with Crippen LogP contribution in [0.2, 0.25) is 0 Å². The summed E-state index contributed by atoms with van der Waals surface area (Å²) < 4.78 is 7.10. The third-order valence-electron chi connectivity index (χ3n) is 12.5. The first kappa shape index (κ1) is 35.2. The molecule has 0 saturated carbocycles. The summed E-state index contributed by atoms with van der Waals surface area (Å²) in [6.45, 7) is 0. The van der Waals surface area contributed by atoms with E-state index in [0.717, 1.165) is 66.5 Å². The zero-order chi connectivity index (χ0) is 41.4. The van der Waals surface area contributed by atoms with Gasteiger partial charge in [0.25, 0.3) is 0 Å². The summed E-state index contributed by atoms with van der Waals surface area (Å²) in [4.78, 5) is 15.5. The Morgan fingerprint density at radius 2 is 0.762 bits per heavy atom. The van der Waals surface area contributed by atoms with Gasteiger partial charge in [0.05, 0.1) is 38.8 Å². The van der Waals surface area contributed by atoms with Crippen LogP contribution in [0.5, 0.6) is 0 Å². The smallest absolute Gasteiger partial charge is 0.238 e. The molecule has 4 aromatic heterocycles. The van der Waals surface area contributed by atoms with Crippen molar-refractivity contribution in [1.82, 2.24) is 28.7 Å². The van der Waals surface area contributed by atoms with Crippen molar-refractivity contribution in [2.24, 2.45) is 0 Å². The standard InChI is InChI=1S/C57H36N6/c1-4-18-37(19-5-1)55-58-56(38-20-6-2-7-21-38)60-57(59-55)63-50-32-15-11-24-42(50)45-28-16-27-41(53(45)63)39-34-35-51-47(36-39)44-26-12-14-31-49(44)62(51)52-33-17-29-46-43-25-10-13-30-48(43)61(54(46)52)40-22-8-3-9-23-40/h1-36H. The minimum Gasteiger partial charge on any atom is -0.307 e. The highest BCUT2D eigenvalue weighted by molar-refractivity contribution is 6.17. The summed E-state index contributed by atoms with van der Waals surface area (Å²) in [7, 11) is 0. The number of nitrogens with zero attached hydrogens (tertiary/aromatic N) is 6. The van der Waals surface area contributed by atoms with Crippen molar-refractivity contribution in [3.63, 3.8) is 0 Å². The predicted octanol–water partition coefficient (Wildman–Crippen LogP) is 14.2. The molecule has 0 N–H and O–H groups in total. The van der Waals surface area contributed by atoms with E-state index in [0.29, 0.717) is 17.6 Å². The normalized spacial score (nSPS) is 11.8. The Kier molecular flexibility index (Phi) is 7.80. The molecular formula is C57H36N6. The molecule has 0 aliphatic carbocycles. The maximum atomic E-state index is 5.24. The van der Waals surface area contributed by atoms with Gasteiger partial charge >= 0.3 is 0 Å². The van der Waals surface area contributed by atoms with E-state index in [1.165, 1.54) is 32.6 Å². The zero-order valence-corrected chi connectivity index (χ0v) is 34.0. The van der Waals surface area contributed by atoms with Crippen LogP contribution < -0.4 is 0 Å². The third-order valence-corrected chi connectivity index (χ3v) is 12.5. The molecule has 0 fully saturated rings. The Balaban J connectivity index is 1.07. The molecule has 0 radical (unpaired) electrons. The first-order valence-electron chi connectivity index (χ1n) is 21.3. The molecule has 0 aliphatic heterocycles. The van der Waals surface area contributed by atoms with Crippen LogP contribution in [0, 0.1) is 0 Å². The van der Waals surface area contributed by atoms with E-state index in [-0.39, 0.29) is 0 Å². The topological polar surface area (TPSA) is 53.5 Å². The Bertz CT molecular complexity index is 3840. The van der Waals surface area contributed by atoms with E-state index in [1.54, 1.807) is 0 Å². The Hall–Kier alpha value is -8.61. The highest BCUT2D eigenvalue weighted by Crippen LogP contribution is 2.43. The molecular weight excluding hydrogens is 769 g/mol. The second-order valence-corrected chi connectivity index (χ2v) is 16.0. The van der Waals surface area contributed by atoms with Crippen molar-refractivity contribution in [3.8, 4) is 51.2 Å². The van der Waals surface area contributed by atoms with Crippen molar-refractivity contribution in [2.75, 3.05) is 0 Å². The van der Waals surface area contributed by atoms with Crippen LogP contribution >= 0.6 is 0 Å². The van der Waals surface area contributed by atoms with Crippen molar-refractivity contribution in [1.29, 1.82) is 0 Å². The molecule has 6 nitrogen and oxygen atoms in total. The van der Waals surface area contributed by atoms with Gasteiger partial charge in [-0.15, -0.1) is 0 Å². The summed E-state index contributed by atoms with van der Waals surface area (Å²) in [6, 6.07) is 77.4. The van der Waals surface area contributed by atoms with E-state index >= 15 is 0 Å². The number of aromatic nitrogens is 6. The number of hydrogen-bond acceptors (Lipinski definition) is 3. The summed E-state index contributed by atoms with van der Waals surface area (Å²) in [5, 5.41) is 7.10. The van der Waals surface area contributed by atoms with Gasteiger partial charge in [-0.05, 0) is 54.1 Å². The predicted molar refractivity (Wildman–Crippen MR) is 259 cm³/mol. The fourth-order valence-corrected chi connectivity index (χ4v) is 9.78. The van der Waals surface area contributed by atoms with Gasteiger partial charge in [-0.3, -0.25) is 4.57 Å². The molecule has 13 rings (SSSR count). The Morgan fingerprint density at radius 3 is 1.40 bits per heavy atom. The quantitative estimate of drug-likeness (QED) is 0.168. The largest absolute Gasteiger partial charge is 0.307 e. The zero-order valence-electron chi connectivity index (χ0n) is 34.0. The molecule has 9 aromatic carbocycles. The van der Waals surface area contributed by atoms with Gasteiger partial charge < -0.3 is 9.13 Å². The van der Waals surface area contributed by atoms with Crippen LogP contribution in [0.25, 0.3) is 117 Å². The number of hydrogen-bond donors (Lipinski definition) is 0. The van der Waals surface area contributed by atoms with E-state index in [1.807, 2.05) is 36.4 Å². The van der Waals surface area contributed by atoms with E-state index in [4.69, 9.17) is 15.0 Å². The highest BCUT2D eigenvalue weighted by atomic mass is 15.2. The molecule has 13 aromatic rings. The van der Waals surface area contributed by atoms with Gasteiger partial charge in [-0.25, -0.2) is 4.98 Å². The molecule has 63 heavy (non-hydrogen) atoms. The molecule has 0 spiro atoms. The lowest BCUT2D eigenvalue weighted by Crippen LogP contribution is -2.06. The minimum absolute atomic E-state index is 0.570. The van der Waals surface area contributed by atoms with Crippen LogP contribution in [0.3, 0.4) is 0 Å². The molecule has 0 saturated heterocycles. The first-order chi connectivity index (χ1) is 31.3. The molecule has 6 heteroatoms. The van der Waals surface area contributed by atoms with Crippen LogP contribution in [0.4, 0.5) is 0 Å². The second kappa shape index (κ2) is 14.0. The average molecular weight is 805 g/mol. The molecule has 294 valence electrons. The van der Waals surface area contributed by atoms with Gasteiger partial charge in [-0.2, -0.15) is 9.97 Å². The summed E-state index contributed by atoms with van der Waals surface area (Å²) in [5.74, 6) is 1.82. The van der Waals surface area contributed by atoms with E-state index < -0.39 is 0 Å². The molecule has 4 heterocycles. The second-order valence-electron chi connectivity index (χ2n) is 16.0. The maximum absolute atomic E-state index is 5.24. The van der Waals surface area contributed by atoms with E-state index in [9.17, 15) is 0 Å². The summed E-state index contributed by atoms with van der Waals surface area (Å²) in [6.07, 6.45) is 0. The van der Waals surface area contributed by atoms with Crippen LogP contribution in [-0.2, 0) is 0 Å². The summed E-state index contributed by atoms with van der Waals surface area (Å²) in [5.41, 5.74) is 13.1. The molecule has 0 bridgehead atoms. The number of rotatable bonds is 6. The number of fused-ring (bicyclic) bond motifs is 9. The molecule has 0 atom stereocenters. The van der Waals surface area contributed by atoms with Crippen molar-refractivity contribution in [2.45, 2.75) is 0 Å². The lowest BCUT2D eigenvalue weighted by Gasteiger charge is -2.15. The average Bonchev–Trinajstić information content (AvgIpc) is 4.00. The SMILES string of the molecule is c1ccc(-c2nc(-c3ccccc3)nc(-n3c4ccccc4c4cccc(-c5ccc6c(c5)c5ccccc5n6-c5cccc6c7ccccc7n(-c7ccccc7)c56)c43)n2)cc1. The number of benzene rings is 9. The summed E-state index contributed by atoms with van der Waals surface area (Å²) >= 11 is 0. The van der Waals surface area contributed by atoms with Crippen LogP contribution in [0.1, 0.15) is 0 Å². The van der Waals surface area contributed by atoms with Gasteiger partial charge in [0.15, 0.2) is 11.6 Å². The van der Waals surface area contributed by atoms with E-state index in [2.05, 4.69) is 196 Å². The van der Waals surface area contributed by atoms with Gasteiger partial charge in [0.2, 0.25) is 5.95 Å². The maximum Gasteiger partial charge on any atom is 0.238 e. The first-order valence-corrected chi connectivity index (χ1v) is 21.3. The van der Waals surface area contributed by atoms with Gasteiger partial charge in [-0.1, -0.05) is 170 Å². The Labute approximate surface area is 362 Å². The van der Waals surface area contributed by atoms with Gasteiger partial charge in [0.1, 0.15) is 0 Å². The highest BCUT2D eigenvalue weighted by Gasteiger charge is 2.23. The molecule has 0 aliphatic rings. The monoisotopic (exact) mass is 804 g/mol. The lowest BCUT2D eigenvalue weighted by atomic mass is 10.00. The fraction of sp³-hybridized carbons (Fsp3) is 0. The van der Waals surface area contributed by atoms with Crippen LogP contribution in [-0.4, -0.2) is 28.7 Å². The fourth-order valence-electron chi connectivity index (χ4n) is 9.78. The molecule has 0 unspecified atom stereocenters. The lowest BCUT2D eigenvalue weighted by molar-refractivity contribution is 0.954. The van der Waals surface area contributed by atoms with Crippen molar-refractivity contribution >= 4 is 65.4 Å². The van der Waals surface area contributed by atoms with Crippen molar-refractivity contribution < 1.29 is 0 Å². The number of para-hydroxylation sites is 6. The van der Waals surface area contributed by atoms with Gasteiger partial charge in [0, 0.05) is 54.7 Å². The van der Waals surface area contributed by atoms with Crippen LogP contribution in [0.15, 0.2) is 218 Å². The molecule has 0 amide bonds. The Morgan fingerprint density at radius 1 is 0.286 bits per heavy atom.